The summed E-state index contributed by atoms with van der Waals surface area (Å²) in [5.41, 5.74) is 2.36. The minimum Gasteiger partial charge on any atom is -0.439 e. The highest BCUT2D eigenvalue weighted by atomic mass is 79.9. The fourth-order valence-electron chi connectivity index (χ4n) is 2.62. The van der Waals surface area contributed by atoms with Crippen LogP contribution >= 0.6 is 39.0 Å². The Bertz CT molecular complexity index is 1350. The molecule has 0 spiro atoms. The summed E-state index contributed by atoms with van der Waals surface area (Å²) in [4.78, 5) is 12.6. The van der Waals surface area contributed by atoms with Gasteiger partial charge in [-0.2, -0.15) is 0 Å². The van der Waals surface area contributed by atoms with Gasteiger partial charge in [0.05, 0.1) is 4.90 Å². The van der Waals surface area contributed by atoms with E-state index in [4.69, 9.17) is 4.42 Å². The van der Waals surface area contributed by atoms with Crippen LogP contribution in [0.2, 0.25) is 0 Å². The summed E-state index contributed by atoms with van der Waals surface area (Å²) in [6, 6.07) is 16.9. The molecule has 32 heavy (non-hydrogen) atoms. The number of sulfone groups is 1. The first-order valence-electron chi connectivity index (χ1n) is 9.25. The van der Waals surface area contributed by atoms with Gasteiger partial charge in [0.1, 0.15) is 0 Å². The van der Waals surface area contributed by atoms with Gasteiger partial charge in [0.15, 0.2) is 10.1 Å². The minimum atomic E-state index is -3.87. The van der Waals surface area contributed by atoms with Gasteiger partial charge in [-0.05, 0) is 48.9 Å². The van der Waals surface area contributed by atoms with E-state index in [1.54, 1.807) is 12.1 Å². The number of thioether (sulfide) groups is 1. The van der Waals surface area contributed by atoms with Gasteiger partial charge in [-0.15, -0.1) is 10.2 Å². The zero-order valence-corrected chi connectivity index (χ0v) is 20.6. The number of nitrogens with one attached hydrogen (secondary N) is 1. The first-order valence-corrected chi connectivity index (χ1v) is 13.3. The number of furan rings is 1. The Hall–Kier alpha value is -2.47. The van der Waals surface area contributed by atoms with Gasteiger partial charge in [-0.3, -0.25) is 10.1 Å². The number of hydrogen-bond acceptors (Lipinski definition) is 8. The first kappa shape index (κ1) is 22.7. The van der Waals surface area contributed by atoms with Crippen molar-refractivity contribution in [1.29, 1.82) is 0 Å². The average Bonchev–Trinajstić information content (AvgIpc) is 3.44. The molecule has 2 aromatic heterocycles. The molecule has 0 aliphatic heterocycles. The molecule has 7 nitrogen and oxygen atoms in total. The zero-order chi connectivity index (χ0) is 22.7. The fraction of sp³-hybridized carbons (Fsp3) is 0.0952. The number of anilines is 1. The van der Waals surface area contributed by atoms with Gasteiger partial charge in [-0.1, -0.05) is 68.9 Å². The van der Waals surface area contributed by atoms with Crippen molar-refractivity contribution in [2.75, 3.05) is 5.32 Å². The maximum absolute atomic E-state index is 12.7. The van der Waals surface area contributed by atoms with Gasteiger partial charge < -0.3 is 4.42 Å². The van der Waals surface area contributed by atoms with E-state index in [0.29, 0.717) is 9.47 Å². The summed E-state index contributed by atoms with van der Waals surface area (Å²) in [5, 5.41) is 10.6. The van der Waals surface area contributed by atoms with E-state index in [-0.39, 0.29) is 15.7 Å². The summed E-state index contributed by atoms with van der Waals surface area (Å²) in [5.74, 6) is -0.00330. The van der Waals surface area contributed by atoms with Crippen LogP contribution in [0, 0.1) is 6.92 Å². The third-order valence-corrected chi connectivity index (χ3v) is 8.52. The molecule has 2 heterocycles. The Morgan fingerprint density at radius 2 is 1.78 bits per heavy atom. The largest absolute Gasteiger partial charge is 0.439 e. The van der Waals surface area contributed by atoms with E-state index >= 15 is 0 Å². The van der Waals surface area contributed by atoms with Crippen molar-refractivity contribution >= 4 is 59.9 Å². The maximum Gasteiger partial charge on any atom is 0.293 e. The molecule has 0 radical (unpaired) electrons. The smallest absolute Gasteiger partial charge is 0.293 e. The maximum atomic E-state index is 12.7. The summed E-state index contributed by atoms with van der Waals surface area (Å²) in [6.07, 6.45) is 0. The van der Waals surface area contributed by atoms with E-state index in [9.17, 15) is 13.2 Å². The standard InChI is InChI=1S/C21H16BrN3O4S3/c1-13-2-4-14(5-3-13)12-30-21-25-24-20(31-21)23-19(26)17-10-11-18(29-17)32(27,28)16-8-6-15(22)7-9-16/h2-11H,12H2,1H3,(H,23,24,26). The molecular weight excluding hydrogens is 534 g/mol. The number of benzene rings is 2. The quantitative estimate of drug-likeness (QED) is 0.237. The lowest BCUT2D eigenvalue weighted by Crippen LogP contribution is -2.10. The monoisotopic (exact) mass is 549 g/mol. The molecule has 2 aromatic carbocycles. The molecule has 0 fully saturated rings. The number of carbonyl (C=O) groups excluding carboxylic acids is 1. The molecule has 164 valence electrons. The molecule has 0 atom stereocenters. The Labute approximate surface area is 201 Å². The number of hydrogen-bond donors (Lipinski definition) is 1. The molecule has 4 aromatic rings. The lowest BCUT2D eigenvalue weighted by molar-refractivity contribution is 0.0991. The van der Waals surface area contributed by atoms with Crippen molar-refractivity contribution in [2.24, 2.45) is 0 Å². The van der Waals surface area contributed by atoms with Gasteiger partial charge in [0.25, 0.3) is 5.91 Å². The number of nitrogens with zero attached hydrogens (tertiary/aromatic N) is 2. The van der Waals surface area contributed by atoms with Crippen LogP contribution in [0.3, 0.4) is 0 Å². The molecule has 4 rings (SSSR count). The molecule has 0 aliphatic carbocycles. The number of carbonyl (C=O) groups is 1. The molecule has 0 aliphatic rings. The van der Waals surface area contributed by atoms with Crippen LogP contribution in [0.15, 0.2) is 83.9 Å². The second-order valence-electron chi connectivity index (χ2n) is 6.68. The number of aryl methyl sites for hydroxylation is 1. The topological polar surface area (TPSA) is 102 Å². The van der Waals surface area contributed by atoms with Crippen LogP contribution in [-0.4, -0.2) is 24.5 Å². The van der Waals surface area contributed by atoms with Crippen molar-refractivity contribution in [3.05, 3.63) is 82.0 Å². The van der Waals surface area contributed by atoms with Crippen LogP contribution < -0.4 is 5.32 Å². The molecule has 1 amide bonds. The Morgan fingerprint density at radius 3 is 2.50 bits per heavy atom. The van der Waals surface area contributed by atoms with Gasteiger partial charge >= 0.3 is 0 Å². The second kappa shape index (κ2) is 9.57. The highest BCUT2D eigenvalue weighted by molar-refractivity contribution is 9.10. The Kier molecular flexibility index (Phi) is 6.79. The SMILES string of the molecule is Cc1ccc(CSc2nnc(NC(=O)c3ccc(S(=O)(=O)c4ccc(Br)cc4)o3)s2)cc1. The van der Waals surface area contributed by atoms with Crippen LogP contribution in [0.25, 0.3) is 0 Å². The first-order chi connectivity index (χ1) is 15.3. The number of rotatable bonds is 7. The molecular formula is C21H16BrN3O4S3. The summed E-state index contributed by atoms with van der Waals surface area (Å²) in [7, 11) is -3.87. The lowest BCUT2D eigenvalue weighted by Gasteiger charge is -2.01. The highest BCUT2D eigenvalue weighted by Gasteiger charge is 2.24. The van der Waals surface area contributed by atoms with Crippen molar-refractivity contribution < 1.29 is 17.6 Å². The predicted molar refractivity (Wildman–Crippen MR) is 127 cm³/mol. The molecule has 0 saturated heterocycles. The van der Waals surface area contributed by atoms with Crippen LogP contribution in [-0.2, 0) is 15.6 Å². The molecule has 0 saturated carbocycles. The molecule has 11 heteroatoms. The second-order valence-corrected chi connectivity index (χ2v) is 11.7. The van der Waals surface area contributed by atoms with Gasteiger partial charge in [0, 0.05) is 10.2 Å². The normalized spacial score (nSPS) is 11.4. The third-order valence-electron chi connectivity index (χ3n) is 4.30. The summed E-state index contributed by atoms with van der Waals surface area (Å²) in [6.45, 7) is 2.04. The van der Waals surface area contributed by atoms with E-state index in [0.717, 1.165) is 15.8 Å². The van der Waals surface area contributed by atoms with E-state index in [1.807, 2.05) is 6.92 Å². The summed E-state index contributed by atoms with van der Waals surface area (Å²) >= 11 is 6.02. The fourth-order valence-corrected chi connectivity index (χ4v) is 5.76. The molecule has 0 unspecified atom stereocenters. The molecule has 0 bridgehead atoms. The lowest BCUT2D eigenvalue weighted by atomic mass is 10.2. The van der Waals surface area contributed by atoms with E-state index in [1.165, 1.54) is 52.9 Å². The van der Waals surface area contributed by atoms with Crippen LogP contribution in [0.1, 0.15) is 21.7 Å². The molecule has 1 N–H and O–H groups in total. The van der Waals surface area contributed by atoms with Crippen molar-refractivity contribution in [3.8, 4) is 0 Å². The van der Waals surface area contributed by atoms with Crippen molar-refractivity contribution in [3.63, 3.8) is 0 Å². The number of aromatic nitrogens is 2. The predicted octanol–water partition coefficient (Wildman–Crippen LogP) is 5.58. The third kappa shape index (κ3) is 5.29. The number of halogens is 1. The summed E-state index contributed by atoms with van der Waals surface area (Å²) < 4.78 is 32.2. The van der Waals surface area contributed by atoms with Gasteiger partial charge in [-0.25, -0.2) is 8.42 Å². The van der Waals surface area contributed by atoms with E-state index in [2.05, 4.69) is 55.7 Å². The number of amides is 1. The Balaban J connectivity index is 1.40. The average molecular weight is 550 g/mol. The Morgan fingerprint density at radius 1 is 1.06 bits per heavy atom. The van der Waals surface area contributed by atoms with E-state index < -0.39 is 15.7 Å². The van der Waals surface area contributed by atoms with Crippen molar-refractivity contribution in [1.82, 2.24) is 10.2 Å². The van der Waals surface area contributed by atoms with Crippen molar-refractivity contribution in [2.45, 2.75) is 27.0 Å². The zero-order valence-electron chi connectivity index (χ0n) is 16.6. The van der Waals surface area contributed by atoms with Crippen LogP contribution in [0.4, 0.5) is 5.13 Å². The highest BCUT2D eigenvalue weighted by Crippen LogP contribution is 2.29. The van der Waals surface area contributed by atoms with Gasteiger partial charge in [0.2, 0.25) is 20.1 Å². The van der Waals surface area contributed by atoms with Crippen LogP contribution in [0.5, 0.6) is 0 Å². The minimum absolute atomic E-state index is 0.0707.